The maximum absolute atomic E-state index is 12.9. The predicted octanol–water partition coefficient (Wildman–Crippen LogP) is 3.01. The van der Waals surface area contributed by atoms with Crippen LogP contribution in [0.25, 0.3) is 0 Å². The van der Waals surface area contributed by atoms with E-state index < -0.39 is 0 Å². The summed E-state index contributed by atoms with van der Waals surface area (Å²) in [7, 11) is 0. The Morgan fingerprint density at radius 1 is 1.38 bits per heavy atom. The van der Waals surface area contributed by atoms with E-state index in [1.165, 1.54) is 12.1 Å². The van der Waals surface area contributed by atoms with Crippen LogP contribution in [0.15, 0.2) is 18.2 Å². The molecule has 88 valence electrons. The Kier molecular flexibility index (Phi) is 4.47. The van der Waals surface area contributed by atoms with E-state index in [0.29, 0.717) is 17.7 Å². The molecule has 0 bridgehead atoms. The molecule has 0 aliphatic carbocycles. The topological polar surface area (TPSA) is 20.3 Å². The van der Waals surface area contributed by atoms with Crippen LogP contribution in [0, 0.1) is 12.7 Å². The van der Waals surface area contributed by atoms with E-state index in [2.05, 4.69) is 0 Å². The largest absolute Gasteiger partial charge is 0.339 e. The number of amides is 1. The Balaban J connectivity index is 2.94. The number of rotatable bonds is 4. The van der Waals surface area contributed by atoms with Crippen LogP contribution >= 0.6 is 0 Å². The lowest BCUT2D eigenvalue weighted by Crippen LogP contribution is -2.32. The van der Waals surface area contributed by atoms with Crippen LogP contribution < -0.4 is 0 Å². The van der Waals surface area contributed by atoms with Gasteiger partial charge in [-0.3, -0.25) is 4.79 Å². The molecule has 16 heavy (non-hydrogen) atoms. The van der Waals surface area contributed by atoms with Crippen molar-refractivity contribution in [2.75, 3.05) is 13.1 Å². The van der Waals surface area contributed by atoms with E-state index >= 15 is 0 Å². The van der Waals surface area contributed by atoms with Crippen molar-refractivity contribution in [3.05, 3.63) is 35.1 Å². The van der Waals surface area contributed by atoms with Crippen LogP contribution in [0.4, 0.5) is 4.39 Å². The fourth-order valence-electron chi connectivity index (χ4n) is 1.71. The summed E-state index contributed by atoms with van der Waals surface area (Å²) in [6, 6.07) is 4.29. The van der Waals surface area contributed by atoms with E-state index in [4.69, 9.17) is 0 Å². The normalized spacial score (nSPS) is 10.2. The van der Waals surface area contributed by atoms with Crippen LogP contribution in [0.3, 0.4) is 0 Å². The summed E-state index contributed by atoms with van der Waals surface area (Å²) in [5.41, 5.74) is 1.29. The lowest BCUT2D eigenvalue weighted by molar-refractivity contribution is 0.0763. The monoisotopic (exact) mass is 223 g/mol. The third-order valence-corrected chi connectivity index (χ3v) is 2.58. The zero-order valence-corrected chi connectivity index (χ0v) is 10.1. The Morgan fingerprint density at radius 3 is 2.56 bits per heavy atom. The van der Waals surface area contributed by atoms with Crippen molar-refractivity contribution >= 4 is 5.91 Å². The van der Waals surface area contributed by atoms with Crippen LogP contribution in [0.5, 0.6) is 0 Å². The second kappa shape index (κ2) is 5.64. The molecule has 0 unspecified atom stereocenters. The molecule has 0 aliphatic heterocycles. The van der Waals surface area contributed by atoms with Gasteiger partial charge in [0.15, 0.2) is 0 Å². The number of halogens is 1. The third-order valence-electron chi connectivity index (χ3n) is 2.58. The predicted molar refractivity (Wildman–Crippen MR) is 63.0 cm³/mol. The number of benzene rings is 1. The molecule has 3 heteroatoms. The third kappa shape index (κ3) is 2.81. The van der Waals surface area contributed by atoms with Crippen LogP contribution in [-0.4, -0.2) is 23.9 Å². The summed E-state index contributed by atoms with van der Waals surface area (Å²) in [5.74, 6) is -0.311. The van der Waals surface area contributed by atoms with E-state index in [1.54, 1.807) is 17.9 Å². The molecule has 0 saturated carbocycles. The fraction of sp³-hybridized carbons (Fsp3) is 0.462. The second-order valence-electron chi connectivity index (χ2n) is 3.84. The number of hydrogen-bond acceptors (Lipinski definition) is 1. The van der Waals surface area contributed by atoms with Gasteiger partial charge in [-0.1, -0.05) is 6.92 Å². The van der Waals surface area contributed by atoms with Crippen molar-refractivity contribution in [2.24, 2.45) is 0 Å². The lowest BCUT2D eigenvalue weighted by atomic mass is 10.1. The Labute approximate surface area is 96.1 Å². The maximum atomic E-state index is 12.9. The van der Waals surface area contributed by atoms with Crippen LogP contribution in [0.1, 0.15) is 36.2 Å². The van der Waals surface area contributed by atoms with Crippen molar-refractivity contribution in [3.63, 3.8) is 0 Å². The molecule has 0 saturated heterocycles. The molecule has 1 aromatic rings. The molecule has 0 spiro atoms. The SMILES string of the molecule is CCCN(CC)C(=O)c1ccc(F)cc1C. The molecular weight excluding hydrogens is 205 g/mol. The van der Waals surface area contributed by atoms with Gasteiger partial charge in [0.25, 0.3) is 5.91 Å². The average molecular weight is 223 g/mol. The molecule has 2 nitrogen and oxygen atoms in total. The second-order valence-corrected chi connectivity index (χ2v) is 3.84. The zero-order valence-electron chi connectivity index (χ0n) is 10.1. The van der Waals surface area contributed by atoms with Crippen molar-refractivity contribution in [3.8, 4) is 0 Å². The lowest BCUT2D eigenvalue weighted by Gasteiger charge is -2.21. The van der Waals surface area contributed by atoms with Gasteiger partial charge in [-0.05, 0) is 44.0 Å². The zero-order chi connectivity index (χ0) is 12.1. The summed E-state index contributed by atoms with van der Waals surface area (Å²) < 4.78 is 12.9. The molecule has 0 radical (unpaired) electrons. The van der Waals surface area contributed by atoms with Gasteiger partial charge < -0.3 is 4.90 Å². The number of hydrogen-bond donors (Lipinski definition) is 0. The summed E-state index contributed by atoms with van der Waals surface area (Å²) in [5, 5.41) is 0. The molecule has 1 amide bonds. The Hall–Kier alpha value is -1.38. The van der Waals surface area contributed by atoms with Gasteiger partial charge in [0.05, 0.1) is 0 Å². The van der Waals surface area contributed by atoms with Gasteiger partial charge in [0, 0.05) is 18.7 Å². The molecule has 0 fully saturated rings. The maximum Gasteiger partial charge on any atom is 0.254 e. The first-order valence-corrected chi connectivity index (χ1v) is 5.65. The first-order chi connectivity index (χ1) is 7.60. The smallest absolute Gasteiger partial charge is 0.254 e. The highest BCUT2D eigenvalue weighted by Crippen LogP contribution is 2.13. The molecule has 1 aromatic carbocycles. The van der Waals surface area contributed by atoms with Gasteiger partial charge in [-0.25, -0.2) is 4.39 Å². The van der Waals surface area contributed by atoms with Gasteiger partial charge in [-0.2, -0.15) is 0 Å². The standard InChI is InChI=1S/C13H18FNO/c1-4-8-15(5-2)13(16)12-7-6-11(14)9-10(12)3/h6-7,9H,4-5,8H2,1-3H3. The summed E-state index contributed by atoms with van der Waals surface area (Å²) in [6.07, 6.45) is 0.930. The Morgan fingerprint density at radius 2 is 2.06 bits per heavy atom. The van der Waals surface area contributed by atoms with Crippen LogP contribution in [0.2, 0.25) is 0 Å². The summed E-state index contributed by atoms with van der Waals surface area (Å²) in [6.45, 7) is 7.17. The first-order valence-electron chi connectivity index (χ1n) is 5.65. The highest BCUT2D eigenvalue weighted by Gasteiger charge is 2.15. The van der Waals surface area contributed by atoms with Gasteiger partial charge in [-0.15, -0.1) is 0 Å². The van der Waals surface area contributed by atoms with Crippen molar-refractivity contribution in [1.29, 1.82) is 0 Å². The van der Waals surface area contributed by atoms with Gasteiger partial charge >= 0.3 is 0 Å². The molecule has 0 N–H and O–H groups in total. The van der Waals surface area contributed by atoms with Crippen LogP contribution in [-0.2, 0) is 0 Å². The first kappa shape index (κ1) is 12.7. The quantitative estimate of drug-likeness (QED) is 0.768. The average Bonchev–Trinajstić information content (AvgIpc) is 2.25. The number of nitrogens with zero attached hydrogens (tertiary/aromatic N) is 1. The van der Waals surface area contributed by atoms with Crippen molar-refractivity contribution in [1.82, 2.24) is 4.90 Å². The fourth-order valence-corrected chi connectivity index (χ4v) is 1.71. The van der Waals surface area contributed by atoms with E-state index in [0.717, 1.165) is 13.0 Å². The minimum absolute atomic E-state index is 0.0122. The molecule has 0 aliphatic rings. The van der Waals surface area contributed by atoms with E-state index in [1.807, 2.05) is 13.8 Å². The molecular formula is C13H18FNO. The number of aryl methyl sites for hydroxylation is 1. The molecule has 0 aromatic heterocycles. The van der Waals surface area contributed by atoms with Crippen molar-refractivity contribution in [2.45, 2.75) is 27.2 Å². The minimum Gasteiger partial charge on any atom is -0.339 e. The molecule has 0 heterocycles. The number of carbonyl (C=O) groups is 1. The summed E-state index contributed by atoms with van der Waals surface area (Å²) >= 11 is 0. The van der Waals surface area contributed by atoms with Gasteiger partial charge in [0.2, 0.25) is 0 Å². The van der Waals surface area contributed by atoms with E-state index in [-0.39, 0.29) is 11.7 Å². The summed E-state index contributed by atoms with van der Waals surface area (Å²) in [4.78, 5) is 13.9. The minimum atomic E-state index is -0.299. The molecule has 0 atom stereocenters. The van der Waals surface area contributed by atoms with Crippen molar-refractivity contribution < 1.29 is 9.18 Å². The Bertz CT molecular complexity index is 376. The number of carbonyl (C=O) groups excluding carboxylic acids is 1. The molecule has 1 rings (SSSR count). The highest BCUT2D eigenvalue weighted by molar-refractivity contribution is 5.95. The van der Waals surface area contributed by atoms with E-state index in [9.17, 15) is 9.18 Å². The highest BCUT2D eigenvalue weighted by atomic mass is 19.1. The van der Waals surface area contributed by atoms with Gasteiger partial charge in [0.1, 0.15) is 5.82 Å².